The normalized spacial score (nSPS) is 14.8. The highest BCUT2D eigenvalue weighted by Gasteiger charge is 2.35. The minimum atomic E-state index is -0.539. The zero-order chi connectivity index (χ0) is 24.4. The fourth-order valence-electron chi connectivity index (χ4n) is 4.16. The first kappa shape index (κ1) is 22.5. The van der Waals surface area contributed by atoms with Gasteiger partial charge in [0, 0.05) is 36.0 Å². The lowest BCUT2D eigenvalue weighted by atomic mass is 9.86. The number of rotatable bonds is 6. The van der Waals surface area contributed by atoms with Crippen LogP contribution in [0.15, 0.2) is 60.4 Å². The molecular weight excluding hydrogens is 466 g/mol. The smallest absolute Gasteiger partial charge is 0.309 e. The van der Waals surface area contributed by atoms with Crippen LogP contribution in [0.4, 0.5) is 17.2 Å². The number of ether oxygens (including phenoxy) is 1. The summed E-state index contributed by atoms with van der Waals surface area (Å²) in [5.74, 6) is -1.03. The number of fused-ring (bicyclic) bond motifs is 1. The van der Waals surface area contributed by atoms with E-state index in [1.54, 1.807) is 23.8 Å². The van der Waals surface area contributed by atoms with Crippen LogP contribution in [0.5, 0.6) is 0 Å². The van der Waals surface area contributed by atoms with Crippen molar-refractivity contribution in [1.29, 1.82) is 0 Å². The first-order valence-electron chi connectivity index (χ1n) is 10.9. The number of aromatic amines is 1. The average Bonchev–Trinajstić information content (AvgIpc) is 3.53. The molecule has 0 aliphatic heterocycles. The maximum absolute atomic E-state index is 13.2. The summed E-state index contributed by atoms with van der Waals surface area (Å²) in [4.78, 5) is 49.8. The van der Waals surface area contributed by atoms with E-state index < -0.39 is 11.9 Å². The van der Waals surface area contributed by atoms with Crippen molar-refractivity contribution in [3.05, 3.63) is 76.5 Å². The number of methoxy groups -OCH3 is 1. The van der Waals surface area contributed by atoms with Gasteiger partial charge in [0.1, 0.15) is 10.7 Å². The third-order valence-electron chi connectivity index (χ3n) is 5.76. The molecule has 0 spiro atoms. The van der Waals surface area contributed by atoms with Gasteiger partial charge in [-0.05, 0) is 24.3 Å². The summed E-state index contributed by atoms with van der Waals surface area (Å²) in [5, 5.41) is 6.15. The molecule has 0 fully saturated rings. The fraction of sp³-hybridized carbons (Fsp3) is 0.160. The van der Waals surface area contributed by atoms with Gasteiger partial charge < -0.3 is 20.4 Å². The summed E-state index contributed by atoms with van der Waals surface area (Å²) in [6.45, 7) is 0. The number of carbonyl (C=O) groups excluding carboxylic acids is 3. The first-order valence-corrected chi connectivity index (χ1v) is 11.8. The monoisotopic (exact) mass is 487 g/mol. The summed E-state index contributed by atoms with van der Waals surface area (Å²) in [6, 6.07) is 13.0. The molecule has 3 N–H and O–H groups in total. The van der Waals surface area contributed by atoms with Gasteiger partial charge >= 0.3 is 5.97 Å². The number of nitrogens with zero attached hydrogens (tertiary/aromatic N) is 2. The van der Waals surface area contributed by atoms with E-state index >= 15 is 0 Å². The molecule has 1 aromatic carbocycles. The third-order valence-corrected chi connectivity index (χ3v) is 6.53. The molecule has 3 heterocycles. The van der Waals surface area contributed by atoms with E-state index in [1.807, 2.05) is 30.3 Å². The maximum atomic E-state index is 13.2. The standard InChI is InChI=1S/C25H21N5O4S/c1-34-25(33)15-9-17-21(18(31)10-15)23(28-16-5-3-2-4-6-16)22(29-17)14-7-8-27-20(11-14)30-24(32)19-12-26-13-35-19/h2-8,11-13,15,28-29H,9-10H2,1H3,(H,27,30,32). The van der Waals surface area contributed by atoms with Crippen LogP contribution in [-0.2, 0) is 16.0 Å². The van der Waals surface area contributed by atoms with Crippen LogP contribution < -0.4 is 10.6 Å². The van der Waals surface area contributed by atoms with Crippen LogP contribution in [0.1, 0.15) is 32.1 Å². The van der Waals surface area contributed by atoms with Gasteiger partial charge in [-0.15, -0.1) is 11.3 Å². The molecule has 1 aliphatic rings. The van der Waals surface area contributed by atoms with Crippen molar-refractivity contribution in [2.75, 3.05) is 17.7 Å². The van der Waals surface area contributed by atoms with E-state index in [0.29, 0.717) is 39.8 Å². The highest BCUT2D eigenvalue weighted by molar-refractivity contribution is 7.11. The van der Waals surface area contributed by atoms with Crippen molar-refractivity contribution in [3.63, 3.8) is 0 Å². The number of carbonyl (C=O) groups is 3. The number of pyridine rings is 1. The Labute approximate surface area is 204 Å². The van der Waals surface area contributed by atoms with Gasteiger partial charge in [-0.3, -0.25) is 19.4 Å². The lowest BCUT2D eigenvalue weighted by Crippen LogP contribution is -2.27. The zero-order valence-corrected chi connectivity index (χ0v) is 19.5. The topological polar surface area (TPSA) is 126 Å². The van der Waals surface area contributed by atoms with E-state index in [2.05, 4.69) is 25.6 Å². The van der Waals surface area contributed by atoms with Crippen LogP contribution in [0.3, 0.4) is 0 Å². The van der Waals surface area contributed by atoms with E-state index in [0.717, 1.165) is 11.3 Å². The maximum Gasteiger partial charge on any atom is 0.309 e. The van der Waals surface area contributed by atoms with Crippen LogP contribution in [0.25, 0.3) is 11.3 Å². The Balaban J connectivity index is 1.55. The van der Waals surface area contributed by atoms with E-state index in [4.69, 9.17) is 4.74 Å². The predicted molar refractivity (Wildman–Crippen MR) is 132 cm³/mol. The number of Topliss-reactive ketones (excluding diaryl/α,β-unsaturated/α-hetero) is 1. The number of amides is 1. The molecule has 9 nitrogen and oxygen atoms in total. The average molecular weight is 488 g/mol. The third kappa shape index (κ3) is 4.56. The van der Waals surface area contributed by atoms with Gasteiger partial charge in [-0.2, -0.15) is 0 Å². The van der Waals surface area contributed by atoms with Gasteiger partial charge in [0.15, 0.2) is 5.78 Å². The van der Waals surface area contributed by atoms with Crippen molar-refractivity contribution in [2.45, 2.75) is 12.8 Å². The number of aromatic nitrogens is 3. The zero-order valence-electron chi connectivity index (χ0n) is 18.7. The van der Waals surface area contributed by atoms with Gasteiger partial charge in [-0.25, -0.2) is 4.98 Å². The Kier molecular flexibility index (Phi) is 6.11. The molecule has 10 heteroatoms. The van der Waals surface area contributed by atoms with Crippen LogP contribution >= 0.6 is 11.3 Å². The highest BCUT2D eigenvalue weighted by Crippen LogP contribution is 2.40. The Morgan fingerprint density at radius 1 is 1.17 bits per heavy atom. The molecule has 3 aromatic heterocycles. The van der Waals surface area contributed by atoms with Crippen molar-refractivity contribution < 1.29 is 19.1 Å². The quantitative estimate of drug-likeness (QED) is 0.343. The molecule has 1 amide bonds. The summed E-state index contributed by atoms with van der Waals surface area (Å²) in [7, 11) is 1.32. The van der Waals surface area contributed by atoms with Crippen molar-refractivity contribution in [1.82, 2.24) is 15.0 Å². The summed E-state index contributed by atoms with van der Waals surface area (Å²) >= 11 is 1.23. The summed E-state index contributed by atoms with van der Waals surface area (Å²) < 4.78 is 4.88. The number of hydrogen-bond donors (Lipinski definition) is 3. The Morgan fingerprint density at radius 2 is 2.00 bits per heavy atom. The molecular formula is C25H21N5O4S. The second-order valence-corrected chi connectivity index (χ2v) is 8.91. The molecule has 0 saturated carbocycles. The number of esters is 1. The fourth-order valence-corrected chi connectivity index (χ4v) is 4.67. The molecule has 35 heavy (non-hydrogen) atoms. The summed E-state index contributed by atoms with van der Waals surface area (Å²) in [5.41, 5.74) is 5.58. The van der Waals surface area contributed by atoms with Crippen molar-refractivity contribution in [3.8, 4) is 11.3 Å². The molecule has 4 aromatic rings. The molecule has 0 radical (unpaired) electrons. The SMILES string of the molecule is COC(=O)C1CC(=O)c2c([nH]c(-c3ccnc(NC(=O)c4cncs4)c3)c2Nc2ccccc2)C1. The number of benzene rings is 1. The van der Waals surface area contributed by atoms with Gasteiger partial charge in [-0.1, -0.05) is 18.2 Å². The number of ketones is 1. The number of hydrogen-bond acceptors (Lipinski definition) is 8. The minimum absolute atomic E-state index is 0.0763. The minimum Gasteiger partial charge on any atom is -0.469 e. The molecule has 5 rings (SSSR count). The lowest BCUT2D eigenvalue weighted by molar-refractivity contribution is -0.145. The lowest BCUT2D eigenvalue weighted by Gasteiger charge is -2.20. The van der Waals surface area contributed by atoms with E-state index in [-0.39, 0.29) is 18.1 Å². The van der Waals surface area contributed by atoms with Crippen LogP contribution in [-0.4, -0.2) is 39.7 Å². The number of anilines is 3. The Bertz CT molecular complexity index is 1400. The number of H-pyrrole nitrogens is 1. The molecule has 0 saturated heterocycles. The number of nitrogens with one attached hydrogen (secondary N) is 3. The van der Waals surface area contributed by atoms with E-state index in [9.17, 15) is 14.4 Å². The van der Waals surface area contributed by atoms with Crippen molar-refractivity contribution >= 4 is 46.2 Å². The largest absolute Gasteiger partial charge is 0.469 e. The van der Waals surface area contributed by atoms with E-state index in [1.165, 1.54) is 24.6 Å². The number of thiazole rings is 1. The van der Waals surface area contributed by atoms with Gasteiger partial charge in [0.2, 0.25) is 0 Å². The second kappa shape index (κ2) is 9.51. The predicted octanol–water partition coefficient (Wildman–Crippen LogP) is 4.45. The molecule has 1 unspecified atom stereocenters. The Morgan fingerprint density at radius 3 is 2.74 bits per heavy atom. The first-order chi connectivity index (χ1) is 17.0. The van der Waals surface area contributed by atoms with Crippen LogP contribution in [0, 0.1) is 5.92 Å². The molecule has 0 bridgehead atoms. The molecule has 176 valence electrons. The van der Waals surface area contributed by atoms with Gasteiger partial charge in [0.05, 0.1) is 41.7 Å². The highest BCUT2D eigenvalue weighted by atomic mass is 32.1. The van der Waals surface area contributed by atoms with Crippen molar-refractivity contribution in [2.24, 2.45) is 5.92 Å². The Hall–Kier alpha value is -4.31. The van der Waals surface area contributed by atoms with Crippen LogP contribution in [0.2, 0.25) is 0 Å². The van der Waals surface area contributed by atoms with Gasteiger partial charge in [0.25, 0.3) is 5.91 Å². The summed E-state index contributed by atoms with van der Waals surface area (Å²) in [6.07, 6.45) is 3.52. The second-order valence-electron chi connectivity index (χ2n) is 8.02. The molecule has 1 aliphatic carbocycles. The molecule has 1 atom stereocenters. The number of para-hydroxylation sites is 1.